The Hall–Kier alpha value is -7.88. The van der Waals surface area contributed by atoms with Crippen LogP contribution in [0.5, 0.6) is 0 Å². The largest absolute Gasteiger partial charge is 0.439 e. The second-order valence-corrected chi connectivity index (χ2v) is 15.3. The standard InChI is InChI=1S/C56H36N2O/c1-4-14-37(15-5-1)42-30-32-51-48(35-42)49-36-43(38-16-6-2-7-17-38)31-33-52(49)57(51)45-21-12-18-41(34-45)39-26-28-40(29-27-39)46-23-13-25-53-54(46)55-47-22-10-11-24-50(47)58(56(55)59-53)44-19-8-3-9-20-44/h1-36H. The summed E-state index contributed by atoms with van der Waals surface area (Å²) in [5, 5.41) is 5.94. The number of furan rings is 1. The number of fused-ring (bicyclic) bond motifs is 8. The molecule has 3 heteroatoms. The van der Waals surface area contributed by atoms with Crippen molar-refractivity contribution in [1.29, 1.82) is 0 Å². The summed E-state index contributed by atoms with van der Waals surface area (Å²) in [6.07, 6.45) is 0. The van der Waals surface area contributed by atoms with Crippen LogP contribution in [0, 0.1) is 0 Å². The molecule has 3 heterocycles. The Bertz CT molecular complexity index is 3420. The van der Waals surface area contributed by atoms with Crippen LogP contribution >= 0.6 is 0 Å². The molecule has 59 heavy (non-hydrogen) atoms. The first-order chi connectivity index (χ1) is 29.3. The van der Waals surface area contributed by atoms with Crippen LogP contribution in [0.15, 0.2) is 223 Å². The normalized spacial score (nSPS) is 11.7. The molecule has 0 aliphatic heterocycles. The van der Waals surface area contributed by atoms with E-state index in [0.717, 1.165) is 50.1 Å². The summed E-state index contributed by atoms with van der Waals surface area (Å²) in [7, 11) is 0. The van der Waals surface area contributed by atoms with E-state index in [9.17, 15) is 0 Å². The average Bonchev–Trinajstić information content (AvgIpc) is 3.96. The van der Waals surface area contributed by atoms with Gasteiger partial charge in [0.15, 0.2) is 0 Å². The first kappa shape index (κ1) is 33.3. The number of aromatic nitrogens is 2. The van der Waals surface area contributed by atoms with Crippen molar-refractivity contribution in [3.8, 4) is 55.9 Å². The number of rotatable bonds is 6. The maximum atomic E-state index is 6.71. The Kier molecular flexibility index (Phi) is 7.54. The van der Waals surface area contributed by atoms with Crippen LogP contribution in [0.25, 0.3) is 111 Å². The lowest BCUT2D eigenvalue weighted by Crippen LogP contribution is -1.94. The minimum absolute atomic E-state index is 0.867. The van der Waals surface area contributed by atoms with Gasteiger partial charge in [0.2, 0.25) is 5.71 Å². The molecule has 0 saturated heterocycles. The Labute approximate surface area is 341 Å². The fraction of sp³-hybridized carbons (Fsp3) is 0. The van der Waals surface area contributed by atoms with Gasteiger partial charge in [-0.25, -0.2) is 0 Å². The highest BCUT2D eigenvalue weighted by Gasteiger charge is 2.22. The molecule has 9 aromatic carbocycles. The summed E-state index contributed by atoms with van der Waals surface area (Å²) in [5.74, 6) is 0. The third kappa shape index (κ3) is 5.36. The smallest absolute Gasteiger partial charge is 0.213 e. The SMILES string of the molecule is c1ccc(-c2ccc3c(c2)c2cc(-c4ccccc4)ccc2n3-c2cccc(-c3ccc(-c4cccc5oc6c(c7ccccc7n6-c6ccccc6)c45)cc3)c2)cc1. The summed E-state index contributed by atoms with van der Waals surface area (Å²) in [4.78, 5) is 0. The van der Waals surface area contributed by atoms with Gasteiger partial charge in [0, 0.05) is 32.9 Å². The van der Waals surface area contributed by atoms with Gasteiger partial charge in [-0.1, -0.05) is 158 Å². The summed E-state index contributed by atoms with van der Waals surface area (Å²) >= 11 is 0. The third-order valence-electron chi connectivity index (χ3n) is 11.9. The zero-order chi connectivity index (χ0) is 38.9. The van der Waals surface area contributed by atoms with Crippen LogP contribution < -0.4 is 0 Å². The van der Waals surface area contributed by atoms with E-state index in [4.69, 9.17) is 4.42 Å². The van der Waals surface area contributed by atoms with Crippen molar-refractivity contribution in [2.24, 2.45) is 0 Å². The van der Waals surface area contributed by atoms with Crippen molar-refractivity contribution in [3.05, 3.63) is 218 Å². The van der Waals surface area contributed by atoms with E-state index in [-0.39, 0.29) is 0 Å². The minimum Gasteiger partial charge on any atom is -0.439 e. The predicted molar refractivity (Wildman–Crippen MR) is 247 cm³/mol. The molecular weight excluding hydrogens is 717 g/mol. The lowest BCUT2D eigenvalue weighted by Gasteiger charge is -2.12. The molecule has 3 nitrogen and oxygen atoms in total. The summed E-state index contributed by atoms with van der Waals surface area (Å²) in [5.41, 5.74) is 17.0. The van der Waals surface area contributed by atoms with Gasteiger partial charge in [-0.15, -0.1) is 0 Å². The Morgan fingerprint density at radius 3 is 1.46 bits per heavy atom. The number of benzene rings is 9. The Balaban J connectivity index is 0.970. The topological polar surface area (TPSA) is 23.0 Å². The molecule has 0 N–H and O–H groups in total. The Morgan fingerprint density at radius 1 is 0.288 bits per heavy atom. The molecule has 0 saturated carbocycles. The third-order valence-corrected chi connectivity index (χ3v) is 11.9. The molecule has 3 aromatic heterocycles. The number of nitrogens with zero attached hydrogens (tertiary/aromatic N) is 2. The van der Waals surface area contributed by atoms with Crippen molar-refractivity contribution in [2.75, 3.05) is 0 Å². The highest BCUT2D eigenvalue weighted by atomic mass is 16.3. The molecule has 12 rings (SSSR count). The lowest BCUT2D eigenvalue weighted by molar-refractivity contribution is 0.645. The molecule has 0 amide bonds. The molecule has 0 atom stereocenters. The van der Waals surface area contributed by atoms with Gasteiger partial charge in [0.05, 0.1) is 21.9 Å². The molecule has 0 aliphatic rings. The van der Waals surface area contributed by atoms with Gasteiger partial charge < -0.3 is 8.98 Å². The zero-order valence-electron chi connectivity index (χ0n) is 32.1. The van der Waals surface area contributed by atoms with E-state index < -0.39 is 0 Å². The van der Waals surface area contributed by atoms with Crippen molar-refractivity contribution in [2.45, 2.75) is 0 Å². The van der Waals surface area contributed by atoms with E-state index in [2.05, 4.69) is 228 Å². The number of hydrogen-bond acceptors (Lipinski definition) is 1. The van der Waals surface area contributed by atoms with Gasteiger partial charge in [-0.2, -0.15) is 0 Å². The molecule has 0 radical (unpaired) electrons. The Morgan fingerprint density at radius 2 is 0.780 bits per heavy atom. The predicted octanol–water partition coefficient (Wildman–Crippen LogP) is 15.3. The quantitative estimate of drug-likeness (QED) is 0.166. The molecule has 0 fully saturated rings. The highest BCUT2D eigenvalue weighted by Crippen LogP contribution is 2.44. The lowest BCUT2D eigenvalue weighted by atomic mass is 9.96. The van der Waals surface area contributed by atoms with Crippen molar-refractivity contribution in [1.82, 2.24) is 9.13 Å². The molecular formula is C56H36N2O. The van der Waals surface area contributed by atoms with Gasteiger partial charge >= 0.3 is 0 Å². The monoisotopic (exact) mass is 752 g/mol. The molecule has 0 unspecified atom stereocenters. The van der Waals surface area contributed by atoms with Crippen LogP contribution in [0.4, 0.5) is 0 Å². The average molecular weight is 753 g/mol. The van der Waals surface area contributed by atoms with Crippen molar-refractivity contribution >= 4 is 54.8 Å². The van der Waals surface area contributed by atoms with Crippen LogP contribution in [0.2, 0.25) is 0 Å². The van der Waals surface area contributed by atoms with Crippen molar-refractivity contribution < 1.29 is 4.42 Å². The molecule has 12 aromatic rings. The fourth-order valence-corrected chi connectivity index (χ4v) is 9.20. The van der Waals surface area contributed by atoms with Gasteiger partial charge in [-0.3, -0.25) is 4.57 Å². The van der Waals surface area contributed by atoms with Crippen LogP contribution in [0.1, 0.15) is 0 Å². The summed E-state index contributed by atoms with van der Waals surface area (Å²) in [6, 6.07) is 78.5. The number of para-hydroxylation sites is 2. The fourth-order valence-electron chi connectivity index (χ4n) is 9.20. The zero-order valence-corrected chi connectivity index (χ0v) is 32.1. The first-order valence-corrected chi connectivity index (χ1v) is 20.2. The maximum absolute atomic E-state index is 6.71. The molecule has 0 aliphatic carbocycles. The first-order valence-electron chi connectivity index (χ1n) is 20.2. The van der Waals surface area contributed by atoms with E-state index in [1.54, 1.807) is 0 Å². The molecule has 276 valence electrons. The highest BCUT2D eigenvalue weighted by molar-refractivity contribution is 6.23. The van der Waals surface area contributed by atoms with Gasteiger partial charge in [0.1, 0.15) is 5.58 Å². The van der Waals surface area contributed by atoms with E-state index in [1.807, 2.05) is 0 Å². The van der Waals surface area contributed by atoms with E-state index in [1.165, 1.54) is 60.6 Å². The summed E-state index contributed by atoms with van der Waals surface area (Å²) < 4.78 is 11.4. The van der Waals surface area contributed by atoms with Gasteiger partial charge in [0.25, 0.3) is 0 Å². The van der Waals surface area contributed by atoms with Gasteiger partial charge in [-0.05, 0) is 105 Å². The number of hydrogen-bond donors (Lipinski definition) is 0. The van der Waals surface area contributed by atoms with Crippen LogP contribution in [-0.2, 0) is 0 Å². The van der Waals surface area contributed by atoms with E-state index in [0.29, 0.717) is 0 Å². The second-order valence-electron chi connectivity index (χ2n) is 15.3. The molecule has 0 spiro atoms. The van der Waals surface area contributed by atoms with Crippen LogP contribution in [0.3, 0.4) is 0 Å². The van der Waals surface area contributed by atoms with E-state index >= 15 is 0 Å². The maximum Gasteiger partial charge on any atom is 0.213 e. The summed E-state index contributed by atoms with van der Waals surface area (Å²) in [6.45, 7) is 0. The molecule has 0 bridgehead atoms. The van der Waals surface area contributed by atoms with Crippen LogP contribution in [-0.4, -0.2) is 9.13 Å². The minimum atomic E-state index is 0.867. The van der Waals surface area contributed by atoms with Crippen molar-refractivity contribution in [3.63, 3.8) is 0 Å². The second kappa shape index (κ2) is 13.4.